The van der Waals surface area contributed by atoms with Crippen molar-refractivity contribution in [1.29, 1.82) is 0 Å². The highest BCUT2D eigenvalue weighted by atomic mass is 14.0. The molecule has 0 heteroatoms. The van der Waals surface area contributed by atoms with E-state index in [1.807, 2.05) is 6.07 Å². The van der Waals surface area contributed by atoms with Crippen molar-refractivity contribution in [3.63, 3.8) is 0 Å². The van der Waals surface area contributed by atoms with Gasteiger partial charge < -0.3 is 0 Å². The summed E-state index contributed by atoms with van der Waals surface area (Å²) in [6.07, 6.45) is 5.19. The van der Waals surface area contributed by atoms with Gasteiger partial charge in [-0.1, -0.05) is 38.0 Å². The third-order valence-corrected chi connectivity index (χ3v) is 2.08. The van der Waals surface area contributed by atoms with Gasteiger partial charge in [0, 0.05) is 0 Å². The smallest absolute Gasteiger partial charge is 0.0152 e. The third kappa shape index (κ3) is 3.08. The van der Waals surface area contributed by atoms with Crippen LogP contribution < -0.4 is 0 Å². The number of hydrogen-bond donors (Lipinski definition) is 0. The molecule has 0 saturated carbocycles. The van der Waals surface area contributed by atoms with Crippen LogP contribution in [0.5, 0.6) is 0 Å². The number of unbranched alkanes of at least 4 members (excludes halogenated alkanes) is 2. The van der Waals surface area contributed by atoms with Crippen molar-refractivity contribution in [3.05, 3.63) is 35.4 Å². The minimum absolute atomic E-state index is 1.23. The van der Waals surface area contributed by atoms with E-state index >= 15 is 0 Å². The molecule has 0 fully saturated rings. The Morgan fingerprint density at radius 1 is 1.33 bits per heavy atom. The Morgan fingerprint density at radius 2 is 2.17 bits per heavy atom. The molecule has 65 valence electrons. The van der Waals surface area contributed by atoms with Gasteiger partial charge in [-0.25, -0.2) is 0 Å². The van der Waals surface area contributed by atoms with Crippen molar-refractivity contribution in [2.75, 3.05) is 0 Å². The number of hydrogen-bond acceptors (Lipinski definition) is 0. The lowest BCUT2D eigenvalue weighted by Gasteiger charge is -2.00. The predicted molar refractivity (Wildman–Crippen MR) is 53.2 cm³/mol. The van der Waals surface area contributed by atoms with Crippen LogP contribution in [0.25, 0.3) is 0 Å². The summed E-state index contributed by atoms with van der Waals surface area (Å²) in [5.41, 5.74) is 2.71. The van der Waals surface area contributed by atoms with Gasteiger partial charge in [-0.15, -0.1) is 0 Å². The van der Waals surface area contributed by atoms with E-state index in [2.05, 4.69) is 32.0 Å². The van der Waals surface area contributed by atoms with E-state index in [-0.39, 0.29) is 0 Å². The third-order valence-electron chi connectivity index (χ3n) is 2.08. The maximum atomic E-state index is 3.16. The minimum Gasteiger partial charge on any atom is -0.0654 e. The first-order valence-electron chi connectivity index (χ1n) is 4.80. The number of rotatable bonds is 4. The molecule has 0 aliphatic rings. The SMILES string of the molecule is CCCCCc1cc[c]c(C)c1. The molecule has 0 saturated heterocycles. The zero-order chi connectivity index (χ0) is 8.81. The first kappa shape index (κ1) is 9.31. The highest BCUT2D eigenvalue weighted by Crippen LogP contribution is 2.07. The standard InChI is InChI=1S/C12H17/c1-3-4-5-8-12-9-6-7-11(2)10-12/h6,9-10H,3-5,8H2,1-2H3. The fourth-order valence-corrected chi connectivity index (χ4v) is 1.38. The Balaban J connectivity index is 2.41. The molecule has 12 heavy (non-hydrogen) atoms. The molecule has 0 aliphatic carbocycles. The molecule has 1 aromatic carbocycles. The molecule has 0 amide bonds. The van der Waals surface area contributed by atoms with E-state index in [9.17, 15) is 0 Å². The fourth-order valence-electron chi connectivity index (χ4n) is 1.38. The molecule has 0 unspecified atom stereocenters. The summed E-state index contributed by atoms with van der Waals surface area (Å²) in [6, 6.07) is 9.59. The van der Waals surface area contributed by atoms with Crippen LogP contribution in [0, 0.1) is 13.0 Å². The predicted octanol–water partition coefficient (Wildman–Crippen LogP) is 3.53. The summed E-state index contributed by atoms with van der Waals surface area (Å²) in [5, 5.41) is 0. The molecule has 1 radical (unpaired) electrons. The molecule has 1 rings (SSSR count). The molecule has 0 aromatic heterocycles. The lowest BCUT2D eigenvalue weighted by molar-refractivity contribution is 0.717. The molecule has 0 aliphatic heterocycles. The zero-order valence-corrected chi connectivity index (χ0v) is 8.06. The van der Waals surface area contributed by atoms with E-state index in [4.69, 9.17) is 0 Å². The van der Waals surface area contributed by atoms with Gasteiger partial charge >= 0.3 is 0 Å². The Hall–Kier alpha value is -0.780. The molecular formula is C12H17. The Labute approximate surface area is 75.6 Å². The van der Waals surface area contributed by atoms with Crippen LogP contribution in [0.2, 0.25) is 0 Å². The molecular weight excluding hydrogens is 144 g/mol. The lowest BCUT2D eigenvalue weighted by Crippen LogP contribution is -1.85. The van der Waals surface area contributed by atoms with Crippen molar-refractivity contribution in [3.8, 4) is 0 Å². The highest BCUT2D eigenvalue weighted by Gasteiger charge is 1.92. The van der Waals surface area contributed by atoms with E-state index < -0.39 is 0 Å². The number of benzene rings is 1. The number of aryl methyl sites for hydroxylation is 2. The van der Waals surface area contributed by atoms with Gasteiger partial charge in [0.2, 0.25) is 0 Å². The Bertz CT molecular complexity index is 225. The quantitative estimate of drug-likeness (QED) is 0.593. The van der Waals surface area contributed by atoms with E-state index in [0.717, 1.165) is 0 Å². The zero-order valence-electron chi connectivity index (χ0n) is 8.06. The van der Waals surface area contributed by atoms with Crippen LogP contribution in [-0.4, -0.2) is 0 Å². The molecule has 0 spiro atoms. The summed E-state index contributed by atoms with van der Waals surface area (Å²) in [4.78, 5) is 0. The summed E-state index contributed by atoms with van der Waals surface area (Å²) >= 11 is 0. The van der Waals surface area contributed by atoms with E-state index in [1.54, 1.807) is 0 Å². The van der Waals surface area contributed by atoms with Gasteiger partial charge in [-0.2, -0.15) is 0 Å². The Morgan fingerprint density at radius 3 is 2.83 bits per heavy atom. The van der Waals surface area contributed by atoms with Crippen molar-refractivity contribution in [2.45, 2.75) is 39.5 Å². The highest BCUT2D eigenvalue weighted by molar-refractivity contribution is 5.21. The average Bonchev–Trinajstić information content (AvgIpc) is 2.05. The van der Waals surface area contributed by atoms with Crippen LogP contribution >= 0.6 is 0 Å². The van der Waals surface area contributed by atoms with Crippen LogP contribution in [0.4, 0.5) is 0 Å². The molecule has 0 N–H and O–H groups in total. The molecule has 0 nitrogen and oxygen atoms in total. The molecule has 0 atom stereocenters. The summed E-state index contributed by atoms with van der Waals surface area (Å²) in [6.45, 7) is 4.34. The average molecular weight is 161 g/mol. The van der Waals surface area contributed by atoms with E-state index in [1.165, 1.54) is 36.8 Å². The monoisotopic (exact) mass is 161 g/mol. The van der Waals surface area contributed by atoms with Crippen molar-refractivity contribution < 1.29 is 0 Å². The van der Waals surface area contributed by atoms with Gasteiger partial charge in [0.1, 0.15) is 0 Å². The van der Waals surface area contributed by atoms with Gasteiger partial charge in [-0.05, 0) is 37.0 Å². The van der Waals surface area contributed by atoms with Gasteiger partial charge in [0.05, 0.1) is 0 Å². The van der Waals surface area contributed by atoms with Crippen molar-refractivity contribution in [1.82, 2.24) is 0 Å². The summed E-state index contributed by atoms with van der Waals surface area (Å²) in [5.74, 6) is 0. The molecule has 0 bridgehead atoms. The molecule has 0 heterocycles. The largest absolute Gasteiger partial charge is 0.0654 e. The topological polar surface area (TPSA) is 0 Å². The lowest BCUT2D eigenvalue weighted by atomic mass is 10.1. The van der Waals surface area contributed by atoms with Gasteiger partial charge in [0.15, 0.2) is 0 Å². The van der Waals surface area contributed by atoms with Crippen molar-refractivity contribution >= 4 is 0 Å². The van der Waals surface area contributed by atoms with Crippen LogP contribution in [0.1, 0.15) is 37.3 Å². The maximum Gasteiger partial charge on any atom is -0.0152 e. The van der Waals surface area contributed by atoms with E-state index in [0.29, 0.717) is 0 Å². The summed E-state index contributed by atoms with van der Waals surface area (Å²) < 4.78 is 0. The molecule has 1 aromatic rings. The Kier molecular flexibility index (Phi) is 3.86. The van der Waals surface area contributed by atoms with Gasteiger partial charge in [-0.3, -0.25) is 0 Å². The second kappa shape index (κ2) is 4.97. The van der Waals surface area contributed by atoms with Crippen LogP contribution in [0.15, 0.2) is 18.2 Å². The second-order valence-corrected chi connectivity index (χ2v) is 3.34. The normalized spacial score (nSPS) is 10.2. The van der Waals surface area contributed by atoms with Gasteiger partial charge in [0.25, 0.3) is 0 Å². The van der Waals surface area contributed by atoms with Crippen LogP contribution in [-0.2, 0) is 6.42 Å². The van der Waals surface area contributed by atoms with Crippen LogP contribution in [0.3, 0.4) is 0 Å². The fraction of sp³-hybridized carbons (Fsp3) is 0.500. The minimum atomic E-state index is 1.23. The van der Waals surface area contributed by atoms with Crippen molar-refractivity contribution in [2.24, 2.45) is 0 Å². The maximum absolute atomic E-state index is 3.16. The summed E-state index contributed by atoms with van der Waals surface area (Å²) in [7, 11) is 0. The first-order valence-corrected chi connectivity index (χ1v) is 4.80. The second-order valence-electron chi connectivity index (χ2n) is 3.34. The first-order chi connectivity index (χ1) is 5.83.